The van der Waals surface area contributed by atoms with Crippen molar-refractivity contribution in [2.75, 3.05) is 25.5 Å². The van der Waals surface area contributed by atoms with Gasteiger partial charge in [-0.05, 0) is 50.6 Å². The molecule has 8 heteroatoms. The molecule has 0 radical (unpaired) electrons. The van der Waals surface area contributed by atoms with Crippen LogP contribution in [0, 0.1) is 12.7 Å². The van der Waals surface area contributed by atoms with Gasteiger partial charge in [0.2, 0.25) is 5.76 Å². The van der Waals surface area contributed by atoms with Crippen LogP contribution in [-0.4, -0.2) is 42.0 Å². The number of piperidine rings is 1. The van der Waals surface area contributed by atoms with Crippen LogP contribution in [0.1, 0.15) is 42.8 Å². The molecule has 3 heterocycles. The molecular formula is C23H29FN4O3. The molecule has 0 spiro atoms. The monoisotopic (exact) mass is 428 g/mol. The summed E-state index contributed by atoms with van der Waals surface area (Å²) in [6.45, 7) is 7.63. The smallest absolute Gasteiger partial charge is 0.312 e. The fraction of sp³-hybridized carbons (Fsp3) is 0.391. The highest BCUT2D eigenvalue weighted by atomic mass is 19.1. The Kier molecular flexibility index (Phi) is 7.59. The van der Waals surface area contributed by atoms with Gasteiger partial charge in [-0.25, -0.2) is 9.87 Å². The summed E-state index contributed by atoms with van der Waals surface area (Å²) >= 11 is 0. The van der Waals surface area contributed by atoms with Crippen molar-refractivity contribution >= 4 is 28.3 Å². The lowest BCUT2D eigenvalue weighted by Gasteiger charge is -2.28. The molecule has 1 aliphatic heterocycles. The predicted molar refractivity (Wildman–Crippen MR) is 119 cm³/mol. The van der Waals surface area contributed by atoms with Gasteiger partial charge >= 0.3 is 5.91 Å². The Hall–Kier alpha value is -2.97. The topological polar surface area (TPSA) is 79.6 Å². The number of aryl methyl sites for hydroxylation is 1. The fourth-order valence-electron chi connectivity index (χ4n) is 3.37. The first kappa shape index (κ1) is 22.7. The molecule has 0 atom stereocenters. The lowest BCUT2D eigenvalue weighted by atomic mass is 10.1. The Bertz CT molecular complexity index is 1030. The number of hydroxylamine groups is 1. The molecule has 0 unspecified atom stereocenters. The summed E-state index contributed by atoms with van der Waals surface area (Å²) in [5.41, 5.74) is 4.35. The van der Waals surface area contributed by atoms with Crippen molar-refractivity contribution in [3.8, 4) is 0 Å². The third-order valence-corrected chi connectivity index (χ3v) is 5.06. The molecule has 1 saturated heterocycles. The molecule has 0 saturated carbocycles. The van der Waals surface area contributed by atoms with E-state index < -0.39 is 11.7 Å². The van der Waals surface area contributed by atoms with Crippen LogP contribution in [-0.2, 0) is 4.84 Å². The van der Waals surface area contributed by atoms with E-state index in [-0.39, 0.29) is 17.6 Å². The molecule has 0 bridgehead atoms. The summed E-state index contributed by atoms with van der Waals surface area (Å²) in [7, 11) is 2.05. The number of fused-ring (bicyclic) bond motifs is 1. The van der Waals surface area contributed by atoms with Crippen molar-refractivity contribution in [2.45, 2.75) is 39.7 Å². The van der Waals surface area contributed by atoms with E-state index in [9.17, 15) is 9.18 Å². The number of rotatable bonds is 5. The first-order valence-electron chi connectivity index (χ1n) is 10.6. The van der Waals surface area contributed by atoms with Gasteiger partial charge in [-0.15, -0.1) is 0 Å². The normalized spacial score (nSPS) is 14.7. The lowest BCUT2D eigenvalue weighted by molar-refractivity contribution is -0.0409. The van der Waals surface area contributed by atoms with Crippen LogP contribution >= 0.6 is 0 Å². The van der Waals surface area contributed by atoms with E-state index in [2.05, 4.69) is 27.7 Å². The van der Waals surface area contributed by atoms with Gasteiger partial charge in [-0.3, -0.25) is 14.6 Å². The van der Waals surface area contributed by atoms with Crippen LogP contribution < -0.4 is 10.8 Å². The number of benzene rings is 1. The van der Waals surface area contributed by atoms with E-state index in [0.717, 1.165) is 31.5 Å². The van der Waals surface area contributed by atoms with Gasteiger partial charge in [0, 0.05) is 25.5 Å². The Balaban J connectivity index is 0.00000132. The third kappa shape index (κ3) is 5.39. The van der Waals surface area contributed by atoms with E-state index >= 15 is 0 Å². The first-order chi connectivity index (χ1) is 15.0. The van der Waals surface area contributed by atoms with E-state index in [4.69, 9.17) is 9.25 Å². The number of anilines is 2. The van der Waals surface area contributed by atoms with Gasteiger partial charge in [-0.2, -0.15) is 0 Å². The van der Waals surface area contributed by atoms with E-state index in [0.29, 0.717) is 16.7 Å². The number of likely N-dealkylation sites (tertiary alicyclic amines) is 1. The molecule has 2 aromatic heterocycles. The zero-order valence-electron chi connectivity index (χ0n) is 18.4. The van der Waals surface area contributed by atoms with Gasteiger partial charge in [-0.1, -0.05) is 19.9 Å². The minimum absolute atomic E-state index is 0.0147. The number of carbonyl (C=O) groups is 1. The number of halogens is 1. The van der Waals surface area contributed by atoms with Crippen molar-refractivity contribution in [2.24, 2.45) is 0 Å². The molecule has 3 aromatic rings. The molecule has 7 nitrogen and oxygen atoms in total. The van der Waals surface area contributed by atoms with Crippen LogP contribution in [0.5, 0.6) is 0 Å². The summed E-state index contributed by atoms with van der Waals surface area (Å²) in [6, 6.07) is 6.48. The van der Waals surface area contributed by atoms with E-state index in [1.54, 1.807) is 30.6 Å². The largest absolute Gasteiger partial charge is 0.448 e. The second kappa shape index (κ2) is 10.4. The Morgan fingerprint density at radius 3 is 2.71 bits per heavy atom. The summed E-state index contributed by atoms with van der Waals surface area (Å²) < 4.78 is 20.1. The fourth-order valence-corrected chi connectivity index (χ4v) is 3.37. The van der Waals surface area contributed by atoms with Crippen LogP contribution in [0.2, 0.25) is 0 Å². The Morgan fingerprint density at radius 2 is 2.00 bits per heavy atom. The van der Waals surface area contributed by atoms with Crippen molar-refractivity contribution in [1.29, 1.82) is 0 Å². The maximum absolute atomic E-state index is 14.4. The summed E-state index contributed by atoms with van der Waals surface area (Å²) in [5.74, 6) is -0.937. The van der Waals surface area contributed by atoms with Crippen molar-refractivity contribution in [3.05, 3.63) is 53.8 Å². The van der Waals surface area contributed by atoms with E-state index in [1.165, 1.54) is 6.07 Å². The Morgan fingerprint density at radius 1 is 1.26 bits per heavy atom. The van der Waals surface area contributed by atoms with Crippen LogP contribution in [0.4, 0.5) is 15.8 Å². The summed E-state index contributed by atoms with van der Waals surface area (Å²) in [6.07, 6.45) is 4.76. The maximum Gasteiger partial charge on any atom is 0.312 e. The minimum atomic E-state index is -0.532. The molecule has 4 rings (SSSR count). The number of furan rings is 1. The highest BCUT2D eigenvalue weighted by Gasteiger charge is 2.24. The van der Waals surface area contributed by atoms with Gasteiger partial charge in [0.05, 0.1) is 17.2 Å². The van der Waals surface area contributed by atoms with E-state index in [1.807, 2.05) is 20.8 Å². The zero-order chi connectivity index (χ0) is 22.4. The van der Waals surface area contributed by atoms with Crippen molar-refractivity contribution in [1.82, 2.24) is 15.4 Å². The standard InChI is InChI=1S/C21H23FN4O3.C2H6/c1-13-3-4-17(16(22)11-13)24-19-15-12-23-8-5-18(15)28-20(19)21(27)25-29-14-6-9-26(2)10-7-14;1-2/h3-5,8,11-12,14,24H,6-7,9-10H2,1-2H3,(H,25,27);1-2H3. The van der Waals surface area contributed by atoms with Crippen LogP contribution in [0.25, 0.3) is 11.0 Å². The number of nitrogens with zero attached hydrogens (tertiary/aromatic N) is 2. The number of amides is 1. The average molecular weight is 429 g/mol. The van der Waals surface area contributed by atoms with Crippen LogP contribution in [0.3, 0.4) is 0 Å². The molecule has 1 aromatic carbocycles. The van der Waals surface area contributed by atoms with Gasteiger partial charge < -0.3 is 14.6 Å². The number of aromatic nitrogens is 1. The predicted octanol–water partition coefficient (Wildman–Crippen LogP) is 4.80. The Labute approximate surface area is 181 Å². The second-order valence-electron chi connectivity index (χ2n) is 7.34. The molecular weight excluding hydrogens is 399 g/mol. The summed E-state index contributed by atoms with van der Waals surface area (Å²) in [5, 5.41) is 3.56. The third-order valence-electron chi connectivity index (χ3n) is 5.06. The quantitative estimate of drug-likeness (QED) is 0.568. The average Bonchev–Trinajstić information content (AvgIpc) is 3.15. The second-order valence-corrected chi connectivity index (χ2v) is 7.34. The zero-order valence-corrected chi connectivity index (χ0v) is 18.4. The van der Waals surface area contributed by atoms with Gasteiger partial charge in [0.25, 0.3) is 0 Å². The number of nitrogens with one attached hydrogen (secondary N) is 2. The molecule has 1 fully saturated rings. The lowest BCUT2D eigenvalue weighted by Crippen LogP contribution is -2.38. The number of hydrogen-bond acceptors (Lipinski definition) is 6. The summed E-state index contributed by atoms with van der Waals surface area (Å²) in [4.78, 5) is 24.7. The minimum Gasteiger partial charge on any atom is -0.448 e. The number of pyridine rings is 1. The van der Waals surface area contributed by atoms with Crippen molar-refractivity contribution < 1.29 is 18.4 Å². The molecule has 1 aliphatic rings. The highest BCUT2D eigenvalue weighted by Crippen LogP contribution is 2.33. The molecule has 1 amide bonds. The highest BCUT2D eigenvalue weighted by molar-refractivity contribution is 6.06. The van der Waals surface area contributed by atoms with Crippen LogP contribution in [0.15, 0.2) is 41.1 Å². The SMILES string of the molecule is CC.Cc1ccc(Nc2c(C(=O)NOC3CCN(C)CC3)oc3ccncc23)c(F)c1. The molecule has 0 aliphatic carbocycles. The molecule has 2 N–H and O–H groups in total. The van der Waals surface area contributed by atoms with Crippen molar-refractivity contribution in [3.63, 3.8) is 0 Å². The maximum atomic E-state index is 14.4. The number of hydrogen-bond donors (Lipinski definition) is 2. The molecule has 166 valence electrons. The van der Waals surface area contributed by atoms with Gasteiger partial charge in [0.15, 0.2) is 0 Å². The first-order valence-corrected chi connectivity index (χ1v) is 10.6. The molecule has 31 heavy (non-hydrogen) atoms. The van der Waals surface area contributed by atoms with Gasteiger partial charge in [0.1, 0.15) is 17.1 Å². The number of carbonyl (C=O) groups excluding carboxylic acids is 1.